The van der Waals surface area contributed by atoms with Gasteiger partial charge in [0.25, 0.3) is 0 Å². The Hall–Kier alpha value is -1.69. The van der Waals surface area contributed by atoms with Crippen LogP contribution in [0.4, 0.5) is 5.69 Å². The molecule has 1 aliphatic heterocycles. The number of hydrogen-bond donors (Lipinski definition) is 2. The van der Waals surface area contributed by atoms with E-state index in [0.29, 0.717) is 12.2 Å². The van der Waals surface area contributed by atoms with Gasteiger partial charge < -0.3 is 15.4 Å². The van der Waals surface area contributed by atoms with Gasteiger partial charge in [-0.1, -0.05) is 0 Å². The van der Waals surface area contributed by atoms with Crippen molar-refractivity contribution in [2.24, 2.45) is 0 Å². The molecule has 2 N–H and O–H groups in total. The minimum Gasteiger partial charge on any atom is -0.497 e. The maximum absolute atomic E-state index is 11.8. The second-order valence-corrected chi connectivity index (χ2v) is 5.44. The van der Waals surface area contributed by atoms with E-state index in [1.54, 1.807) is 31.4 Å². The molecule has 1 heterocycles. The van der Waals surface area contributed by atoms with Gasteiger partial charge in [0.05, 0.1) is 12.4 Å². The summed E-state index contributed by atoms with van der Waals surface area (Å²) in [5, 5.41) is 5.25. The van der Waals surface area contributed by atoms with E-state index in [-0.39, 0.29) is 23.5 Å². The van der Waals surface area contributed by atoms with Gasteiger partial charge in [0, 0.05) is 24.4 Å². The number of anilines is 1. The van der Waals surface area contributed by atoms with Crippen LogP contribution in [0.3, 0.4) is 0 Å². The first-order valence-electron chi connectivity index (χ1n) is 6.02. The van der Waals surface area contributed by atoms with E-state index >= 15 is 0 Å². The van der Waals surface area contributed by atoms with E-state index in [4.69, 9.17) is 4.74 Å². The van der Waals surface area contributed by atoms with Crippen molar-refractivity contribution in [1.29, 1.82) is 0 Å². The zero-order valence-corrected chi connectivity index (χ0v) is 11.5. The summed E-state index contributed by atoms with van der Waals surface area (Å²) < 4.78 is 5.04. The highest BCUT2D eigenvalue weighted by molar-refractivity contribution is 8.00. The molecule has 0 aromatic heterocycles. The van der Waals surface area contributed by atoms with Crippen molar-refractivity contribution in [1.82, 2.24) is 5.32 Å². The standard InChI is InChI=1S/C13H16N2O3S/c1-18-10-4-2-9(3-5-10)15-12(16)8-11-13(17)14-6-7-19-11/h2-5,11H,6-8H2,1H3,(H,14,17)(H,15,16). The van der Waals surface area contributed by atoms with Crippen molar-refractivity contribution in [3.63, 3.8) is 0 Å². The Morgan fingerprint density at radius 1 is 1.47 bits per heavy atom. The molecule has 1 atom stereocenters. The fourth-order valence-electron chi connectivity index (χ4n) is 1.77. The third-order valence-electron chi connectivity index (χ3n) is 2.76. The topological polar surface area (TPSA) is 67.4 Å². The molecule has 1 unspecified atom stereocenters. The highest BCUT2D eigenvalue weighted by atomic mass is 32.2. The van der Waals surface area contributed by atoms with Crippen molar-refractivity contribution in [2.75, 3.05) is 24.7 Å². The number of hydrogen-bond acceptors (Lipinski definition) is 4. The minimum atomic E-state index is -0.285. The van der Waals surface area contributed by atoms with E-state index in [2.05, 4.69) is 10.6 Å². The van der Waals surface area contributed by atoms with Gasteiger partial charge >= 0.3 is 0 Å². The predicted molar refractivity (Wildman–Crippen MR) is 75.5 cm³/mol. The number of methoxy groups -OCH3 is 1. The fraction of sp³-hybridized carbons (Fsp3) is 0.385. The Morgan fingerprint density at radius 3 is 2.84 bits per heavy atom. The first kappa shape index (κ1) is 13.7. The van der Waals surface area contributed by atoms with E-state index in [0.717, 1.165) is 11.5 Å². The van der Waals surface area contributed by atoms with Crippen LogP contribution in [-0.4, -0.2) is 36.5 Å². The minimum absolute atomic E-state index is 0.0545. The number of rotatable bonds is 4. The molecule has 1 fully saturated rings. The van der Waals surface area contributed by atoms with Crippen LogP contribution in [0.25, 0.3) is 0 Å². The monoisotopic (exact) mass is 280 g/mol. The van der Waals surface area contributed by atoms with Gasteiger partial charge in [-0.05, 0) is 24.3 Å². The quantitative estimate of drug-likeness (QED) is 0.871. The van der Waals surface area contributed by atoms with Gasteiger partial charge in [0.15, 0.2) is 0 Å². The van der Waals surface area contributed by atoms with E-state index in [1.165, 1.54) is 11.8 Å². The summed E-state index contributed by atoms with van der Waals surface area (Å²) in [6.45, 7) is 0.681. The lowest BCUT2D eigenvalue weighted by atomic mass is 10.2. The molecule has 1 aliphatic rings. The summed E-state index contributed by atoms with van der Waals surface area (Å²) >= 11 is 1.52. The molecule has 0 saturated carbocycles. The van der Waals surface area contributed by atoms with Crippen LogP contribution < -0.4 is 15.4 Å². The molecular weight excluding hydrogens is 264 g/mol. The number of ether oxygens (including phenoxy) is 1. The van der Waals surface area contributed by atoms with E-state index < -0.39 is 0 Å². The SMILES string of the molecule is COc1ccc(NC(=O)CC2SCCNC2=O)cc1. The maximum atomic E-state index is 11.8. The van der Waals surface area contributed by atoms with Gasteiger partial charge in [-0.15, -0.1) is 11.8 Å². The molecule has 19 heavy (non-hydrogen) atoms. The summed E-state index contributed by atoms with van der Waals surface area (Å²) in [5.41, 5.74) is 0.701. The average molecular weight is 280 g/mol. The lowest BCUT2D eigenvalue weighted by Gasteiger charge is -2.20. The Balaban J connectivity index is 1.87. The lowest BCUT2D eigenvalue weighted by molar-refractivity contribution is -0.123. The first-order valence-corrected chi connectivity index (χ1v) is 7.07. The summed E-state index contributed by atoms with van der Waals surface area (Å²) in [4.78, 5) is 23.4. The number of amides is 2. The molecule has 0 radical (unpaired) electrons. The molecule has 2 rings (SSSR count). The number of carbonyl (C=O) groups excluding carboxylic acids is 2. The molecule has 1 aromatic carbocycles. The molecule has 0 spiro atoms. The Kier molecular flexibility index (Phi) is 4.68. The number of benzene rings is 1. The lowest BCUT2D eigenvalue weighted by Crippen LogP contribution is -2.40. The van der Waals surface area contributed by atoms with Crippen LogP contribution in [0.2, 0.25) is 0 Å². The van der Waals surface area contributed by atoms with Crippen molar-refractivity contribution in [3.05, 3.63) is 24.3 Å². The average Bonchev–Trinajstić information content (AvgIpc) is 2.42. The zero-order chi connectivity index (χ0) is 13.7. The first-order chi connectivity index (χ1) is 9.19. The molecule has 0 aliphatic carbocycles. The second-order valence-electron chi connectivity index (χ2n) is 4.13. The summed E-state index contributed by atoms with van der Waals surface area (Å²) in [6, 6.07) is 7.09. The molecule has 0 bridgehead atoms. The molecular formula is C13H16N2O3S. The van der Waals surface area contributed by atoms with Crippen LogP contribution >= 0.6 is 11.8 Å². The van der Waals surface area contributed by atoms with Crippen molar-refractivity contribution >= 4 is 29.3 Å². The van der Waals surface area contributed by atoms with Crippen LogP contribution in [0.15, 0.2) is 24.3 Å². The highest BCUT2D eigenvalue weighted by Gasteiger charge is 2.25. The normalized spacial score (nSPS) is 18.6. The number of carbonyl (C=O) groups is 2. The Labute approximate surface area is 116 Å². The molecule has 1 saturated heterocycles. The van der Waals surface area contributed by atoms with Gasteiger partial charge in [0.2, 0.25) is 11.8 Å². The zero-order valence-electron chi connectivity index (χ0n) is 10.6. The van der Waals surface area contributed by atoms with Gasteiger partial charge in [0.1, 0.15) is 5.75 Å². The summed E-state index contributed by atoms with van der Waals surface area (Å²) in [7, 11) is 1.59. The highest BCUT2D eigenvalue weighted by Crippen LogP contribution is 2.19. The smallest absolute Gasteiger partial charge is 0.233 e. The van der Waals surface area contributed by atoms with Crippen LogP contribution in [0, 0.1) is 0 Å². The molecule has 6 heteroatoms. The van der Waals surface area contributed by atoms with Crippen molar-refractivity contribution in [2.45, 2.75) is 11.7 Å². The molecule has 102 valence electrons. The van der Waals surface area contributed by atoms with Gasteiger partial charge in [-0.3, -0.25) is 9.59 Å². The Morgan fingerprint density at radius 2 is 2.21 bits per heavy atom. The molecule has 1 aromatic rings. The summed E-state index contributed by atoms with van der Waals surface area (Å²) in [5.74, 6) is 1.38. The predicted octanol–water partition coefficient (Wildman–Crippen LogP) is 1.26. The largest absolute Gasteiger partial charge is 0.497 e. The van der Waals surface area contributed by atoms with Crippen molar-refractivity contribution < 1.29 is 14.3 Å². The molecule has 5 nitrogen and oxygen atoms in total. The Bertz CT molecular complexity index is 461. The maximum Gasteiger partial charge on any atom is 0.233 e. The third kappa shape index (κ3) is 3.89. The van der Waals surface area contributed by atoms with Crippen LogP contribution in [0.1, 0.15) is 6.42 Å². The summed E-state index contributed by atoms with van der Waals surface area (Å²) in [6.07, 6.45) is 0.197. The van der Waals surface area contributed by atoms with E-state index in [9.17, 15) is 9.59 Å². The van der Waals surface area contributed by atoms with Gasteiger partial charge in [-0.25, -0.2) is 0 Å². The third-order valence-corrected chi connectivity index (χ3v) is 3.98. The number of nitrogens with one attached hydrogen (secondary N) is 2. The van der Waals surface area contributed by atoms with Crippen molar-refractivity contribution in [3.8, 4) is 5.75 Å². The van der Waals surface area contributed by atoms with Crippen LogP contribution in [0.5, 0.6) is 5.75 Å². The number of thioether (sulfide) groups is 1. The fourth-order valence-corrected chi connectivity index (χ4v) is 2.78. The second kappa shape index (κ2) is 6.47. The van der Waals surface area contributed by atoms with Gasteiger partial charge in [-0.2, -0.15) is 0 Å². The van der Waals surface area contributed by atoms with E-state index in [1.807, 2.05) is 0 Å². The molecule has 2 amide bonds. The van der Waals surface area contributed by atoms with Crippen LogP contribution in [-0.2, 0) is 9.59 Å².